The largest absolute Gasteiger partial charge is 0.353 e. The highest BCUT2D eigenvalue weighted by atomic mass is 35.5. The Labute approximate surface area is 196 Å². The van der Waals surface area contributed by atoms with Crippen LogP contribution in [0.25, 0.3) is 0 Å². The number of aryl methyl sites for hydroxylation is 2. The second-order valence-electron chi connectivity index (χ2n) is 7.85. The number of hydrogen-bond donors (Lipinski definition) is 1. The van der Waals surface area contributed by atoms with Crippen LogP contribution in [-0.4, -0.2) is 51.9 Å². The number of non-ortho nitro benzene ring substituents is 1. The molecule has 1 fully saturated rings. The minimum absolute atomic E-state index is 0.0786. The van der Waals surface area contributed by atoms with Crippen LogP contribution in [0.15, 0.2) is 48.5 Å². The van der Waals surface area contributed by atoms with Gasteiger partial charge in [0.25, 0.3) is 11.6 Å². The van der Waals surface area contributed by atoms with Gasteiger partial charge in [-0.25, -0.2) is 9.97 Å². The molecule has 1 aliphatic rings. The number of nitrogens with zero attached hydrogens (tertiary/aromatic N) is 5. The van der Waals surface area contributed by atoms with Crippen LogP contribution in [0.4, 0.5) is 23.0 Å². The van der Waals surface area contributed by atoms with E-state index in [2.05, 4.69) is 20.2 Å². The van der Waals surface area contributed by atoms with Gasteiger partial charge in [0.05, 0.1) is 15.5 Å². The first-order chi connectivity index (χ1) is 15.8. The summed E-state index contributed by atoms with van der Waals surface area (Å²) < 4.78 is 0. The van der Waals surface area contributed by atoms with E-state index in [0.29, 0.717) is 37.8 Å². The highest BCUT2D eigenvalue weighted by molar-refractivity contribution is 6.34. The molecule has 9 nitrogen and oxygen atoms in total. The number of carbonyl (C=O) groups excluding carboxylic acids is 1. The van der Waals surface area contributed by atoms with Crippen LogP contribution in [0.2, 0.25) is 5.02 Å². The van der Waals surface area contributed by atoms with Gasteiger partial charge < -0.3 is 15.1 Å². The van der Waals surface area contributed by atoms with Crippen molar-refractivity contribution < 1.29 is 9.72 Å². The molecule has 0 aliphatic carbocycles. The zero-order valence-electron chi connectivity index (χ0n) is 18.3. The number of benzene rings is 2. The number of hydrogen-bond acceptors (Lipinski definition) is 7. The number of aromatic nitrogens is 2. The Kier molecular flexibility index (Phi) is 6.41. The van der Waals surface area contributed by atoms with E-state index in [0.717, 1.165) is 11.5 Å². The van der Waals surface area contributed by atoms with E-state index in [4.69, 9.17) is 11.6 Å². The summed E-state index contributed by atoms with van der Waals surface area (Å²) in [6, 6.07) is 13.9. The fourth-order valence-corrected chi connectivity index (χ4v) is 3.92. The van der Waals surface area contributed by atoms with Crippen molar-refractivity contribution in [1.82, 2.24) is 14.9 Å². The fraction of sp³-hybridized carbons (Fsp3) is 0.261. The molecule has 0 unspecified atom stereocenters. The smallest absolute Gasteiger partial charge is 0.270 e. The van der Waals surface area contributed by atoms with Crippen molar-refractivity contribution >= 4 is 40.5 Å². The molecule has 3 aromatic rings. The molecular weight excluding hydrogens is 444 g/mol. The second kappa shape index (κ2) is 9.41. The summed E-state index contributed by atoms with van der Waals surface area (Å²) in [7, 11) is 0. The molecule has 0 bridgehead atoms. The maximum Gasteiger partial charge on any atom is 0.270 e. The van der Waals surface area contributed by atoms with E-state index < -0.39 is 4.92 Å². The summed E-state index contributed by atoms with van der Waals surface area (Å²) in [6.45, 7) is 6.04. The molecule has 1 aromatic heterocycles. The van der Waals surface area contributed by atoms with Crippen LogP contribution in [0, 0.1) is 24.0 Å². The van der Waals surface area contributed by atoms with Crippen molar-refractivity contribution in [2.75, 3.05) is 36.4 Å². The molecule has 1 N–H and O–H groups in total. The number of carbonyl (C=O) groups is 1. The number of anilines is 3. The Balaban J connectivity index is 1.43. The summed E-state index contributed by atoms with van der Waals surface area (Å²) in [6.07, 6.45) is 0. The lowest BCUT2D eigenvalue weighted by molar-refractivity contribution is -0.384. The van der Waals surface area contributed by atoms with Gasteiger partial charge in [-0.05, 0) is 32.0 Å². The quantitative estimate of drug-likeness (QED) is 0.440. The SMILES string of the molecule is Cc1ccc(Nc2cc(N3CCN(C(=O)c4ccc([N+](=O)[O-])cc4Cl)CC3)nc(C)n2)cc1. The lowest BCUT2D eigenvalue weighted by Crippen LogP contribution is -2.49. The fourth-order valence-electron chi connectivity index (χ4n) is 3.66. The first-order valence-electron chi connectivity index (χ1n) is 10.5. The summed E-state index contributed by atoms with van der Waals surface area (Å²) in [5.41, 5.74) is 2.25. The molecule has 2 aromatic carbocycles. The Hall–Kier alpha value is -3.72. The Bertz CT molecular complexity index is 1190. The molecule has 0 atom stereocenters. The van der Waals surface area contributed by atoms with E-state index >= 15 is 0 Å². The van der Waals surface area contributed by atoms with Gasteiger partial charge in [0.15, 0.2) is 0 Å². The van der Waals surface area contributed by atoms with Crippen molar-refractivity contribution in [1.29, 1.82) is 0 Å². The molecule has 2 heterocycles. The van der Waals surface area contributed by atoms with Crippen LogP contribution in [0.1, 0.15) is 21.7 Å². The van der Waals surface area contributed by atoms with Gasteiger partial charge in [-0.3, -0.25) is 14.9 Å². The highest BCUT2D eigenvalue weighted by Crippen LogP contribution is 2.25. The van der Waals surface area contributed by atoms with Gasteiger partial charge in [-0.2, -0.15) is 0 Å². The second-order valence-corrected chi connectivity index (χ2v) is 8.26. The van der Waals surface area contributed by atoms with Gasteiger partial charge in [0.1, 0.15) is 17.5 Å². The van der Waals surface area contributed by atoms with Crippen LogP contribution in [-0.2, 0) is 0 Å². The predicted octanol–water partition coefficient (Wildman–Crippen LogP) is 4.36. The molecule has 170 valence electrons. The zero-order valence-corrected chi connectivity index (χ0v) is 19.0. The number of piperazine rings is 1. The zero-order chi connectivity index (χ0) is 23.5. The number of halogens is 1. The van der Waals surface area contributed by atoms with E-state index in [9.17, 15) is 14.9 Å². The van der Waals surface area contributed by atoms with Crippen molar-refractivity contribution in [2.24, 2.45) is 0 Å². The van der Waals surface area contributed by atoms with E-state index in [1.54, 1.807) is 4.90 Å². The number of amides is 1. The van der Waals surface area contributed by atoms with Crippen LogP contribution in [0.3, 0.4) is 0 Å². The van der Waals surface area contributed by atoms with Crippen LogP contribution >= 0.6 is 11.6 Å². The van der Waals surface area contributed by atoms with Gasteiger partial charge in [0.2, 0.25) is 0 Å². The molecule has 0 saturated carbocycles. The molecule has 0 spiro atoms. The average molecular weight is 467 g/mol. The highest BCUT2D eigenvalue weighted by Gasteiger charge is 2.25. The van der Waals surface area contributed by atoms with Crippen LogP contribution in [0.5, 0.6) is 0 Å². The Morgan fingerprint density at radius 1 is 1.03 bits per heavy atom. The van der Waals surface area contributed by atoms with Crippen molar-refractivity contribution in [3.8, 4) is 0 Å². The van der Waals surface area contributed by atoms with Gasteiger partial charge in [-0.15, -0.1) is 0 Å². The third kappa shape index (κ3) is 5.20. The van der Waals surface area contributed by atoms with Gasteiger partial charge >= 0.3 is 0 Å². The normalized spacial score (nSPS) is 13.7. The lowest BCUT2D eigenvalue weighted by atomic mass is 10.1. The third-order valence-corrected chi connectivity index (χ3v) is 5.75. The summed E-state index contributed by atoms with van der Waals surface area (Å²) in [4.78, 5) is 36.1. The molecule has 10 heteroatoms. The molecule has 1 aliphatic heterocycles. The monoisotopic (exact) mass is 466 g/mol. The third-order valence-electron chi connectivity index (χ3n) is 5.43. The predicted molar refractivity (Wildman–Crippen MR) is 127 cm³/mol. The molecule has 1 saturated heterocycles. The number of nitro benzene ring substituents is 1. The maximum atomic E-state index is 12.9. The van der Waals surface area contributed by atoms with Gasteiger partial charge in [0, 0.05) is 50.1 Å². The summed E-state index contributed by atoms with van der Waals surface area (Å²) >= 11 is 6.14. The van der Waals surface area contributed by atoms with Crippen LogP contribution < -0.4 is 10.2 Å². The van der Waals surface area contributed by atoms with Crippen molar-refractivity contribution in [2.45, 2.75) is 13.8 Å². The Morgan fingerprint density at radius 3 is 2.36 bits per heavy atom. The molecule has 33 heavy (non-hydrogen) atoms. The average Bonchev–Trinajstić information content (AvgIpc) is 2.80. The number of nitrogens with one attached hydrogen (secondary N) is 1. The molecule has 4 rings (SSSR count). The lowest BCUT2D eigenvalue weighted by Gasteiger charge is -2.35. The molecule has 0 radical (unpaired) electrons. The topological polar surface area (TPSA) is 104 Å². The first-order valence-corrected chi connectivity index (χ1v) is 10.9. The summed E-state index contributed by atoms with van der Waals surface area (Å²) in [5, 5.41) is 14.3. The first kappa shape index (κ1) is 22.5. The van der Waals surface area contributed by atoms with Crippen molar-refractivity contribution in [3.63, 3.8) is 0 Å². The Morgan fingerprint density at radius 2 is 1.73 bits per heavy atom. The van der Waals surface area contributed by atoms with Crippen molar-refractivity contribution in [3.05, 3.63) is 80.6 Å². The maximum absolute atomic E-state index is 12.9. The molecular formula is C23H23ClN6O3. The number of rotatable bonds is 5. The minimum atomic E-state index is -0.537. The van der Waals surface area contributed by atoms with Gasteiger partial charge in [-0.1, -0.05) is 29.3 Å². The number of nitro groups is 1. The molecule has 1 amide bonds. The minimum Gasteiger partial charge on any atom is -0.353 e. The van der Waals surface area contributed by atoms with E-state index in [1.807, 2.05) is 44.2 Å². The standard InChI is InChI=1S/C23H23ClN6O3/c1-15-3-5-17(6-4-15)27-21-14-22(26-16(2)25-21)28-9-11-29(12-10-28)23(31)19-8-7-18(30(32)33)13-20(19)24/h3-8,13-14H,9-12H2,1-2H3,(H,25,26,27). The van der Waals surface area contributed by atoms with E-state index in [-0.39, 0.29) is 22.2 Å². The summed E-state index contributed by atoms with van der Waals surface area (Å²) in [5.74, 6) is 1.91. The van der Waals surface area contributed by atoms with E-state index in [1.165, 1.54) is 23.8 Å².